The molecule has 0 aliphatic carbocycles. The molecule has 0 aliphatic heterocycles. The fourth-order valence-electron chi connectivity index (χ4n) is 1.50. The van der Waals surface area contributed by atoms with Gasteiger partial charge in [-0.2, -0.15) is 0 Å². The molecule has 0 radical (unpaired) electrons. The van der Waals surface area contributed by atoms with E-state index in [1.807, 2.05) is 0 Å². The van der Waals surface area contributed by atoms with Gasteiger partial charge < -0.3 is 9.72 Å². The zero-order valence-electron chi connectivity index (χ0n) is 9.84. The summed E-state index contributed by atoms with van der Waals surface area (Å²) in [5, 5.41) is 0. The van der Waals surface area contributed by atoms with E-state index in [1.54, 1.807) is 31.3 Å². The van der Waals surface area contributed by atoms with Gasteiger partial charge in [0, 0.05) is 18.3 Å². The Morgan fingerprint density at radius 2 is 2.33 bits per heavy atom. The number of ether oxygens (including phenoxy) is 1. The molecule has 0 unspecified atom stereocenters. The monoisotopic (exact) mass is 244 g/mol. The van der Waals surface area contributed by atoms with Crippen LogP contribution < -0.4 is 5.56 Å². The smallest absolute Gasteiger partial charge is 0.330 e. The van der Waals surface area contributed by atoms with Gasteiger partial charge in [-0.05, 0) is 30.7 Å². The molecule has 2 aromatic rings. The van der Waals surface area contributed by atoms with E-state index in [9.17, 15) is 9.59 Å². The molecule has 0 saturated heterocycles. The topological polar surface area (TPSA) is 72.0 Å². The highest BCUT2D eigenvalue weighted by Crippen LogP contribution is 2.09. The van der Waals surface area contributed by atoms with Crippen molar-refractivity contribution in [2.45, 2.75) is 6.92 Å². The number of pyridine rings is 2. The van der Waals surface area contributed by atoms with Gasteiger partial charge in [0.25, 0.3) is 0 Å². The molecule has 0 aliphatic rings. The summed E-state index contributed by atoms with van der Waals surface area (Å²) in [7, 11) is 0. The van der Waals surface area contributed by atoms with Gasteiger partial charge in [0.1, 0.15) is 0 Å². The first kappa shape index (κ1) is 12.0. The number of H-pyrrole nitrogens is 1. The normalized spacial score (nSPS) is 10.9. The van der Waals surface area contributed by atoms with Crippen LogP contribution in [0, 0.1) is 0 Å². The van der Waals surface area contributed by atoms with E-state index in [0.717, 1.165) is 5.56 Å². The van der Waals surface area contributed by atoms with Crippen molar-refractivity contribution in [3.8, 4) is 0 Å². The summed E-state index contributed by atoms with van der Waals surface area (Å²) in [5.74, 6) is -0.404. The number of aromatic amines is 1. The van der Waals surface area contributed by atoms with Crippen LogP contribution >= 0.6 is 0 Å². The van der Waals surface area contributed by atoms with Crippen molar-refractivity contribution >= 4 is 23.1 Å². The van der Waals surface area contributed by atoms with E-state index >= 15 is 0 Å². The van der Waals surface area contributed by atoms with E-state index in [2.05, 4.69) is 9.97 Å². The number of esters is 1. The molecule has 5 heteroatoms. The Bertz CT molecular complexity index is 659. The van der Waals surface area contributed by atoms with Gasteiger partial charge in [0.2, 0.25) is 5.56 Å². The molecule has 0 bridgehead atoms. The SMILES string of the molecule is CCOC(=O)/C=C/c1cnc2ccc(=O)[nH]c2c1. The molecule has 1 N–H and O–H groups in total. The Labute approximate surface area is 103 Å². The van der Waals surface area contributed by atoms with E-state index in [1.165, 1.54) is 12.1 Å². The van der Waals surface area contributed by atoms with Crippen LogP contribution in [0.25, 0.3) is 17.1 Å². The van der Waals surface area contributed by atoms with Gasteiger partial charge in [-0.25, -0.2) is 4.79 Å². The van der Waals surface area contributed by atoms with E-state index in [0.29, 0.717) is 17.6 Å². The van der Waals surface area contributed by atoms with Crippen molar-refractivity contribution < 1.29 is 9.53 Å². The number of fused-ring (bicyclic) bond motifs is 1. The second-order valence-corrected chi connectivity index (χ2v) is 3.61. The molecule has 0 saturated carbocycles. The summed E-state index contributed by atoms with van der Waals surface area (Å²) < 4.78 is 4.77. The van der Waals surface area contributed by atoms with Crippen LogP contribution in [0.3, 0.4) is 0 Å². The molecule has 92 valence electrons. The van der Waals surface area contributed by atoms with Crippen molar-refractivity contribution in [1.82, 2.24) is 9.97 Å². The summed E-state index contributed by atoms with van der Waals surface area (Å²) in [6, 6.07) is 4.82. The van der Waals surface area contributed by atoms with Crippen LogP contribution in [0.2, 0.25) is 0 Å². The molecular formula is C13H12N2O3. The Morgan fingerprint density at radius 3 is 3.11 bits per heavy atom. The van der Waals surface area contributed by atoms with Crippen LogP contribution in [0.4, 0.5) is 0 Å². The number of carbonyl (C=O) groups excluding carboxylic acids is 1. The second-order valence-electron chi connectivity index (χ2n) is 3.61. The summed E-state index contributed by atoms with van der Waals surface area (Å²) in [6.45, 7) is 2.08. The van der Waals surface area contributed by atoms with E-state index in [4.69, 9.17) is 4.74 Å². The maximum Gasteiger partial charge on any atom is 0.330 e. The van der Waals surface area contributed by atoms with Gasteiger partial charge in [-0.1, -0.05) is 0 Å². The summed E-state index contributed by atoms with van der Waals surface area (Å²) >= 11 is 0. The van der Waals surface area contributed by atoms with Crippen molar-refractivity contribution in [3.63, 3.8) is 0 Å². The van der Waals surface area contributed by atoms with Crippen molar-refractivity contribution in [2.24, 2.45) is 0 Å². The number of carbonyl (C=O) groups is 1. The van der Waals surface area contributed by atoms with E-state index < -0.39 is 5.97 Å². The van der Waals surface area contributed by atoms with Crippen LogP contribution in [-0.2, 0) is 9.53 Å². The molecule has 0 fully saturated rings. The highest BCUT2D eigenvalue weighted by molar-refractivity contribution is 5.87. The average molecular weight is 244 g/mol. The Balaban J connectivity index is 2.29. The average Bonchev–Trinajstić information content (AvgIpc) is 2.36. The van der Waals surface area contributed by atoms with Gasteiger partial charge in [0.15, 0.2) is 0 Å². The predicted octanol–water partition coefficient (Wildman–Crippen LogP) is 1.50. The number of hydrogen-bond acceptors (Lipinski definition) is 4. The van der Waals surface area contributed by atoms with Gasteiger partial charge in [-0.3, -0.25) is 9.78 Å². The number of hydrogen-bond donors (Lipinski definition) is 1. The fourth-order valence-corrected chi connectivity index (χ4v) is 1.50. The third-order valence-corrected chi connectivity index (χ3v) is 2.29. The molecule has 0 aromatic carbocycles. The Morgan fingerprint density at radius 1 is 1.50 bits per heavy atom. The Kier molecular flexibility index (Phi) is 3.52. The lowest BCUT2D eigenvalue weighted by Gasteiger charge is -1.98. The molecule has 0 amide bonds. The molecule has 0 spiro atoms. The zero-order valence-corrected chi connectivity index (χ0v) is 9.84. The molecule has 2 heterocycles. The van der Waals surface area contributed by atoms with Crippen LogP contribution in [0.5, 0.6) is 0 Å². The molecule has 5 nitrogen and oxygen atoms in total. The zero-order chi connectivity index (χ0) is 13.0. The largest absolute Gasteiger partial charge is 0.463 e. The summed E-state index contributed by atoms with van der Waals surface area (Å²) in [6.07, 6.45) is 4.54. The number of aromatic nitrogens is 2. The predicted molar refractivity (Wildman–Crippen MR) is 68.0 cm³/mol. The van der Waals surface area contributed by atoms with Crippen LogP contribution in [0.15, 0.2) is 35.3 Å². The maximum absolute atomic E-state index is 11.2. The number of rotatable bonds is 3. The van der Waals surface area contributed by atoms with Crippen LogP contribution in [0.1, 0.15) is 12.5 Å². The first-order valence-electron chi connectivity index (χ1n) is 5.53. The third-order valence-electron chi connectivity index (χ3n) is 2.29. The standard InChI is InChI=1S/C13H12N2O3/c1-2-18-13(17)6-3-9-7-11-10(14-8-9)4-5-12(16)15-11/h3-8H,2H2,1H3,(H,15,16)/b6-3+. The fraction of sp³-hybridized carbons (Fsp3) is 0.154. The molecular weight excluding hydrogens is 232 g/mol. The first-order valence-corrected chi connectivity index (χ1v) is 5.53. The van der Waals surface area contributed by atoms with Crippen molar-refractivity contribution in [3.05, 3.63) is 46.4 Å². The molecule has 18 heavy (non-hydrogen) atoms. The number of nitrogens with one attached hydrogen (secondary N) is 1. The maximum atomic E-state index is 11.2. The van der Waals surface area contributed by atoms with Gasteiger partial charge >= 0.3 is 5.97 Å². The minimum absolute atomic E-state index is 0.184. The lowest BCUT2D eigenvalue weighted by molar-refractivity contribution is -0.137. The first-order chi connectivity index (χ1) is 8.69. The molecule has 0 atom stereocenters. The lowest BCUT2D eigenvalue weighted by Crippen LogP contribution is -2.03. The second kappa shape index (κ2) is 5.27. The summed E-state index contributed by atoms with van der Waals surface area (Å²) in [5.41, 5.74) is 1.87. The molecule has 2 rings (SSSR count). The lowest BCUT2D eigenvalue weighted by atomic mass is 10.2. The minimum atomic E-state index is -0.404. The summed E-state index contributed by atoms with van der Waals surface area (Å²) in [4.78, 5) is 29.2. The van der Waals surface area contributed by atoms with Crippen molar-refractivity contribution in [1.29, 1.82) is 0 Å². The third kappa shape index (κ3) is 2.82. The minimum Gasteiger partial charge on any atom is -0.463 e. The highest BCUT2D eigenvalue weighted by atomic mass is 16.5. The quantitative estimate of drug-likeness (QED) is 0.656. The highest BCUT2D eigenvalue weighted by Gasteiger charge is 1.98. The van der Waals surface area contributed by atoms with Crippen LogP contribution in [-0.4, -0.2) is 22.5 Å². The van der Waals surface area contributed by atoms with E-state index in [-0.39, 0.29) is 5.56 Å². The van der Waals surface area contributed by atoms with Gasteiger partial charge in [0.05, 0.1) is 17.6 Å². The molecule has 2 aromatic heterocycles. The Hall–Kier alpha value is -2.43. The van der Waals surface area contributed by atoms with Gasteiger partial charge in [-0.15, -0.1) is 0 Å². The van der Waals surface area contributed by atoms with Crippen molar-refractivity contribution in [2.75, 3.05) is 6.61 Å². The number of nitrogens with zero attached hydrogens (tertiary/aromatic N) is 1.